The number of methoxy groups -OCH3 is 1. The maximum absolute atomic E-state index is 12.8. The Bertz CT molecular complexity index is 2300. The molecule has 1 unspecified atom stereocenters. The topological polar surface area (TPSA) is 290 Å². The number of nitro benzene ring substituents is 1. The van der Waals surface area contributed by atoms with Crippen molar-refractivity contribution < 1.29 is 56.3 Å². The number of rotatable bonds is 9. The zero-order valence-corrected chi connectivity index (χ0v) is 27.9. The molecule has 5 rings (SSSR count). The van der Waals surface area contributed by atoms with E-state index >= 15 is 0 Å². The van der Waals surface area contributed by atoms with Crippen molar-refractivity contribution in [1.29, 1.82) is 0 Å². The number of nitrogens with one attached hydrogen (secondary N) is 2. The van der Waals surface area contributed by atoms with Gasteiger partial charge in [0.15, 0.2) is 0 Å². The number of nitro groups is 1. The number of aromatic amines is 2. The first kappa shape index (κ1) is 39.3. The van der Waals surface area contributed by atoms with Gasteiger partial charge in [0.05, 0.1) is 45.8 Å². The van der Waals surface area contributed by atoms with Crippen molar-refractivity contribution in [2.45, 2.75) is 24.7 Å². The molecule has 1 fully saturated rings. The Morgan fingerprint density at radius 2 is 1.55 bits per heavy atom. The predicted octanol–water partition coefficient (Wildman–Crippen LogP) is 0.991. The number of halogens is 3. The van der Waals surface area contributed by atoms with Crippen LogP contribution in [0.4, 0.5) is 24.5 Å². The molecule has 51 heavy (non-hydrogen) atoms. The van der Waals surface area contributed by atoms with Gasteiger partial charge in [0, 0.05) is 39.3 Å². The molecule has 25 heteroatoms. The van der Waals surface area contributed by atoms with E-state index in [2.05, 4.69) is 4.98 Å². The first-order valence-electron chi connectivity index (χ1n) is 14.4. The quantitative estimate of drug-likeness (QED) is 0.0599. The zero-order valence-electron chi connectivity index (χ0n) is 26.1. The van der Waals surface area contributed by atoms with Crippen LogP contribution in [0, 0.1) is 10.1 Å². The van der Waals surface area contributed by atoms with Crippen LogP contribution >= 0.6 is 15.2 Å². The summed E-state index contributed by atoms with van der Waals surface area (Å²) in [6.07, 6.45) is -6.06. The molecule has 2 aromatic carbocycles. The molecule has 0 spiro atoms. The fourth-order valence-electron chi connectivity index (χ4n) is 5.21. The van der Waals surface area contributed by atoms with E-state index in [0.29, 0.717) is 47.6 Å². The fraction of sp³-hybridized carbons (Fsp3) is 0.385. The Labute approximate surface area is 281 Å². The van der Waals surface area contributed by atoms with Gasteiger partial charge in [0.25, 0.3) is 5.69 Å². The van der Waals surface area contributed by atoms with Crippen LogP contribution in [0.1, 0.15) is 17.8 Å². The monoisotopic (exact) mass is 768 g/mol. The highest BCUT2D eigenvalue weighted by Gasteiger charge is 2.35. The van der Waals surface area contributed by atoms with E-state index in [-0.39, 0.29) is 46.5 Å². The Kier molecular flexibility index (Phi) is 11.6. The van der Waals surface area contributed by atoms with Crippen LogP contribution in [0.5, 0.6) is 0 Å². The van der Waals surface area contributed by atoms with Crippen LogP contribution in [-0.2, 0) is 31.1 Å². The summed E-state index contributed by atoms with van der Waals surface area (Å²) in [5.41, 5.74) is -6.71. The van der Waals surface area contributed by atoms with Crippen LogP contribution in [-0.4, -0.2) is 83.6 Å². The molecule has 2 aromatic heterocycles. The van der Waals surface area contributed by atoms with E-state index < -0.39 is 66.2 Å². The van der Waals surface area contributed by atoms with E-state index in [1.165, 1.54) is 13.2 Å². The molecule has 1 atom stereocenters. The van der Waals surface area contributed by atoms with Gasteiger partial charge in [-0.15, -0.1) is 0 Å². The van der Waals surface area contributed by atoms with E-state index in [4.69, 9.17) is 19.3 Å². The van der Waals surface area contributed by atoms with Gasteiger partial charge < -0.3 is 43.9 Å². The highest BCUT2D eigenvalue weighted by Crippen LogP contribution is 2.50. The van der Waals surface area contributed by atoms with Gasteiger partial charge in [-0.2, -0.15) is 13.2 Å². The molecule has 20 nitrogen and oxygen atoms in total. The molecular formula is C26H29F3N6O14P2. The molecular weight excluding hydrogens is 739 g/mol. The summed E-state index contributed by atoms with van der Waals surface area (Å²) >= 11 is 0. The van der Waals surface area contributed by atoms with Gasteiger partial charge in [-0.25, -0.2) is 0 Å². The van der Waals surface area contributed by atoms with Crippen LogP contribution < -0.4 is 27.1 Å². The number of ether oxygens (including phenoxy) is 2. The van der Waals surface area contributed by atoms with Crippen molar-refractivity contribution in [2.24, 2.45) is 0 Å². The summed E-state index contributed by atoms with van der Waals surface area (Å²) in [5, 5.41) is 11.5. The predicted molar refractivity (Wildman–Crippen MR) is 172 cm³/mol. The maximum Gasteiger partial charge on any atom is 0.416 e. The highest BCUT2D eigenvalue weighted by molar-refractivity contribution is 7.51. The number of aromatic nitrogens is 4. The highest BCUT2D eigenvalue weighted by atomic mass is 31.2. The lowest BCUT2D eigenvalue weighted by Gasteiger charge is -2.28. The summed E-state index contributed by atoms with van der Waals surface area (Å²) in [5.74, 6) is -1.75. The lowest BCUT2D eigenvalue weighted by Crippen LogP contribution is -2.38. The minimum absolute atomic E-state index is 0.0649. The van der Waals surface area contributed by atoms with Crippen molar-refractivity contribution in [3.05, 3.63) is 87.4 Å². The second kappa shape index (κ2) is 15.0. The van der Waals surface area contributed by atoms with Gasteiger partial charge in [0.2, 0.25) is 0 Å². The minimum Gasteiger partial charge on any atom is -0.385 e. The standard InChI is InChI=1S/C13H14F3N2O6P.C13H15N4O8P/c1-24-5-4-10(25(21,22)23)18-9-3-2-7(13(14,15)16)6-8(9)17-11(19)12(18)20;18-12-13(19)16(7-26(22,23)24)9-6-11(17(20)21)10(5-8(9)14-12)15-1-3-25-4-2-15/h2-3,6,10H,4-5H2,1H3,(H,17,19)(H2,21,22,23);5-6H,1-4,7H2,(H,14,18)(H2,22,23,24). The second-order valence-corrected chi connectivity index (χ2v) is 14.3. The lowest BCUT2D eigenvalue weighted by molar-refractivity contribution is -0.384. The van der Waals surface area contributed by atoms with Crippen molar-refractivity contribution in [3.8, 4) is 0 Å². The first-order chi connectivity index (χ1) is 23.6. The smallest absolute Gasteiger partial charge is 0.385 e. The molecule has 0 amide bonds. The van der Waals surface area contributed by atoms with E-state index in [9.17, 15) is 61.4 Å². The van der Waals surface area contributed by atoms with Gasteiger partial charge >= 0.3 is 43.6 Å². The number of alkyl halides is 3. The Balaban J connectivity index is 0.000000229. The summed E-state index contributed by atoms with van der Waals surface area (Å²) in [6, 6.07) is 4.50. The van der Waals surface area contributed by atoms with Crippen LogP contribution in [0.15, 0.2) is 49.5 Å². The average molecular weight is 768 g/mol. The molecule has 0 radical (unpaired) electrons. The summed E-state index contributed by atoms with van der Waals surface area (Å²) in [4.78, 5) is 102. The van der Waals surface area contributed by atoms with Crippen molar-refractivity contribution in [3.63, 3.8) is 0 Å². The van der Waals surface area contributed by atoms with E-state index in [1.54, 1.807) is 4.90 Å². The largest absolute Gasteiger partial charge is 0.416 e. The molecule has 4 aromatic rings. The molecule has 6 N–H and O–H groups in total. The third-order valence-electron chi connectivity index (χ3n) is 7.46. The third-order valence-corrected chi connectivity index (χ3v) is 9.37. The normalized spacial score (nSPS) is 14.7. The Hall–Kier alpha value is -4.47. The zero-order chi connectivity index (χ0) is 38.1. The number of H-pyrrole nitrogens is 2. The molecule has 1 aliphatic heterocycles. The molecule has 1 aliphatic rings. The number of hydrogen-bond donors (Lipinski definition) is 6. The van der Waals surface area contributed by atoms with E-state index in [0.717, 1.165) is 12.1 Å². The number of anilines is 1. The molecule has 0 saturated carbocycles. The molecule has 0 aliphatic carbocycles. The van der Waals surface area contributed by atoms with Gasteiger partial charge in [-0.05, 0) is 24.3 Å². The molecule has 1 saturated heterocycles. The van der Waals surface area contributed by atoms with E-state index in [1.807, 2.05) is 4.98 Å². The molecule has 0 bridgehead atoms. The van der Waals surface area contributed by atoms with Crippen molar-refractivity contribution >= 4 is 48.6 Å². The van der Waals surface area contributed by atoms with Crippen molar-refractivity contribution in [1.82, 2.24) is 19.1 Å². The van der Waals surface area contributed by atoms with Gasteiger partial charge in [-0.1, -0.05) is 0 Å². The first-order valence-corrected chi connectivity index (χ1v) is 17.8. The lowest BCUT2D eigenvalue weighted by atomic mass is 10.2. The summed E-state index contributed by atoms with van der Waals surface area (Å²) < 4.78 is 72.5. The van der Waals surface area contributed by atoms with Gasteiger partial charge in [0.1, 0.15) is 17.8 Å². The molecule has 3 heterocycles. The number of fused-ring (bicyclic) bond motifs is 2. The number of benzene rings is 2. The third kappa shape index (κ3) is 9.07. The maximum atomic E-state index is 12.8. The van der Waals surface area contributed by atoms with Crippen LogP contribution in [0.3, 0.4) is 0 Å². The average Bonchev–Trinajstić information content (AvgIpc) is 3.03. The second-order valence-electron chi connectivity index (χ2n) is 10.9. The van der Waals surface area contributed by atoms with Gasteiger partial charge in [-0.3, -0.25) is 47.6 Å². The summed E-state index contributed by atoms with van der Waals surface area (Å²) in [6.45, 7) is 1.42. The number of hydrogen-bond acceptors (Lipinski definition) is 11. The van der Waals surface area contributed by atoms with Crippen LogP contribution in [0.2, 0.25) is 0 Å². The van der Waals surface area contributed by atoms with Crippen LogP contribution in [0.25, 0.3) is 22.1 Å². The Morgan fingerprint density at radius 1 is 0.961 bits per heavy atom. The minimum atomic E-state index is -4.92. The number of morpholine rings is 1. The Morgan fingerprint density at radius 3 is 2.08 bits per heavy atom. The van der Waals surface area contributed by atoms with Crippen molar-refractivity contribution in [2.75, 3.05) is 44.9 Å². The SMILES string of the molecule is COCCC(n1c(=O)c(=O)[nH]c2cc(C(F)(F)F)ccc21)P(=O)(O)O.O=c1[nH]c2cc(N3CCOCC3)c([N+](=O)[O-])cc2n(CP(=O)(O)O)c1=O. The number of nitrogens with zero attached hydrogens (tertiary/aromatic N) is 4. The molecule has 278 valence electrons. The summed E-state index contributed by atoms with van der Waals surface area (Å²) in [7, 11) is -8.35. The fourth-order valence-corrected chi connectivity index (χ4v) is 6.83.